The lowest BCUT2D eigenvalue weighted by Crippen LogP contribution is -2.18. The first kappa shape index (κ1) is 23.5. The Balaban J connectivity index is 1.59. The normalized spacial score (nSPS) is 13.0. The van der Waals surface area contributed by atoms with Crippen LogP contribution < -0.4 is 5.32 Å². The minimum atomic E-state index is -0.383. The second-order valence-corrected chi connectivity index (χ2v) is 10.4. The minimum absolute atomic E-state index is 0.243. The van der Waals surface area contributed by atoms with Gasteiger partial charge in [-0.2, -0.15) is 0 Å². The molecule has 7 heteroatoms. The zero-order valence-corrected chi connectivity index (χ0v) is 21.1. The number of amides is 1. The van der Waals surface area contributed by atoms with E-state index in [1.807, 2.05) is 56.3 Å². The summed E-state index contributed by atoms with van der Waals surface area (Å²) in [6.07, 6.45) is 3.59. The van der Waals surface area contributed by atoms with E-state index in [2.05, 4.69) is 5.32 Å². The maximum atomic E-state index is 13.7. The number of benzene rings is 2. The van der Waals surface area contributed by atoms with Crippen molar-refractivity contribution in [2.24, 2.45) is 0 Å². The molecule has 2 heterocycles. The summed E-state index contributed by atoms with van der Waals surface area (Å²) >= 11 is 7.92. The second-order valence-electron chi connectivity index (χ2n) is 8.88. The highest BCUT2D eigenvalue weighted by Crippen LogP contribution is 2.39. The lowest BCUT2D eigenvalue weighted by molar-refractivity contribution is 0.0378. The van der Waals surface area contributed by atoms with E-state index in [0.29, 0.717) is 32.4 Å². The van der Waals surface area contributed by atoms with Crippen LogP contribution in [0.15, 0.2) is 54.6 Å². The van der Waals surface area contributed by atoms with Crippen LogP contribution in [0.4, 0.5) is 5.00 Å². The first-order chi connectivity index (χ1) is 16.9. The second kappa shape index (κ2) is 9.80. The third-order valence-corrected chi connectivity index (χ3v) is 7.59. The number of hydrogen-bond acceptors (Lipinski definition) is 5. The van der Waals surface area contributed by atoms with E-state index in [1.54, 1.807) is 12.1 Å². The molecule has 0 radical (unpaired) electrons. The fourth-order valence-corrected chi connectivity index (χ4v) is 5.99. The first-order valence-corrected chi connectivity index (χ1v) is 12.9. The predicted molar refractivity (Wildman–Crippen MR) is 142 cm³/mol. The first-order valence-electron chi connectivity index (χ1n) is 11.7. The number of carbonyl (C=O) groups is 2. The van der Waals surface area contributed by atoms with Crippen molar-refractivity contribution in [1.29, 1.82) is 0 Å². The van der Waals surface area contributed by atoms with Crippen molar-refractivity contribution in [1.82, 2.24) is 4.98 Å². The van der Waals surface area contributed by atoms with Crippen molar-refractivity contribution in [2.75, 3.05) is 5.32 Å². The van der Waals surface area contributed by atoms with Gasteiger partial charge < -0.3 is 10.1 Å². The molecule has 0 fully saturated rings. The molecular weight excluding hydrogens is 480 g/mol. The van der Waals surface area contributed by atoms with Gasteiger partial charge in [-0.1, -0.05) is 48.0 Å². The third kappa shape index (κ3) is 4.68. The molecule has 0 atom stereocenters. The number of anilines is 1. The molecule has 1 aliphatic rings. The summed E-state index contributed by atoms with van der Waals surface area (Å²) in [4.78, 5) is 32.6. The number of pyridine rings is 1. The number of para-hydroxylation sites is 1. The fourth-order valence-electron chi connectivity index (χ4n) is 4.48. The molecule has 0 aliphatic heterocycles. The minimum Gasteiger partial charge on any atom is -0.459 e. The van der Waals surface area contributed by atoms with Gasteiger partial charge in [-0.15, -0.1) is 11.3 Å². The molecule has 1 N–H and O–H groups in total. The number of carbonyl (C=O) groups excluding carboxylic acids is 2. The van der Waals surface area contributed by atoms with Crippen molar-refractivity contribution >= 4 is 50.7 Å². The zero-order valence-electron chi connectivity index (χ0n) is 19.6. The molecule has 2 aromatic heterocycles. The molecular formula is C28H25ClN2O3S. The zero-order chi connectivity index (χ0) is 24.5. The lowest BCUT2D eigenvalue weighted by atomic mass is 9.95. The Labute approximate surface area is 213 Å². The Morgan fingerprint density at radius 1 is 1.06 bits per heavy atom. The van der Waals surface area contributed by atoms with Crippen LogP contribution in [0.2, 0.25) is 5.02 Å². The van der Waals surface area contributed by atoms with Gasteiger partial charge in [0.25, 0.3) is 5.91 Å². The number of esters is 1. The van der Waals surface area contributed by atoms with Gasteiger partial charge in [-0.25, -0.2) is 9.78 Å². The average Bonchev–Trinajstić information content (AvgIpc) is 3.21. The summed E-state index contributed by atoms with van der Waals surface area (Å²) in [7, 11) is 0. The SMILES string of the molecule is CC(C)OC(=O)c1c(NC(=O)c2cc(-c3ccccc3Cl)nc3ccccc23)sc2c1CCCC2. The summed E-state index contributed by atoms with van der Waals surface area (Å²) in [5.74, 6) is -0.680. The largest absolute Gasteiger partial charge is 0.459 e. The maximum absolute atomic E-state index is 13.7. The Morgan fingerprint density at radius 2 is 1.80 bits per heavy atom. The number of halogens is 1. The molecule has 4 aromatic rings. The topological polar surface area (TPSA) is 68.3 Å². The summed E-state index contributed by atoms with van der Waals surface area (Å²) in [5.41, 5.74) is 4.04. The predicted octanol–water partition coefficient (Wildman–Crippen LogP) is 7.31. The number of fused-ring (bicyclic) bond motifs is 2. The standard InChI is InChI=1S/C28H25ClN2O3S/c1-16(2)34-28(33)25-19-11-5-8-14-24(19)35-27(25)31-26(32)20-15-23(18-10-3-6-12-21(18)29)30-22-13-7-4-9-17(20)22/h3-4,6-7,9-10,12-13,15-16H,5,8,11,14H2,1-2H3,(H,31,32). The van der Waals surface area contributed by atoms with Gasteiger partial charge in [-0.05, 0) is 63.3 Å². The number of nitrogens with one attached hydrogen (secondary N) is 1. The van der Waals surface area contributed by atoms with Gasteiger partial charge in [0.1, 0.15) is 5.00 Å². The highest BCUT2D eigenvalue weighted by atomic mass is 35.5. The number of thiophene rings is 1. The molecule has 1 amide bonds. The van der Waals surface area contributed by atoms with E-state index in [9.17, 15) is 9.59 Å². The molecule has 0 spiro atoms. The summed E-state index contributed by atoms with van der Waals surface area (Å²) in [5, 5.41) is 4.88. The highest BCUT2D eigenvalue weighted by Gasteiger charge is 2.28. The number of hydrogen-bond donors (Lipinski definition) is 1. The maximum Gasteiger partial charge on any atom is 0.341 e. The number of nitrogens with zero attached hydrogens (tertiary/aromatic N) is 1. The quantitative estimate of drug-likeness (QED) is 0.289. The van der Waals surface area contributed by atoms with Gasteiger partial charge >= 0.3 is 5.97 Å². The molecule has 35 heavy (non-hydrogen) atoms. The molecule has 178 valence electrons. The number of rotatable bonds is 5. The molecule has 0 saturated carbocycles. The van der Waals surface area contributed by atoms with E-state index < -0.39 is 0 Å². The van der Waals surface area contributed by atoms with Crippen molar-refractivity contribution in [3.05, 3.63) is 81.2 Å². The van der Waals surface area contributed by atoms with Crippen LogP contribution >= 0.6 is 22.9 Å². The number of aromatic nitrogens is 1. The smallest absolute Gasteiger partial charge is 0.341 e. The molecule has 0 bridgehead atoms. The molecule has 5 rings (SSSR count). The number of ether oxygens (including phenoxy) is 1. The molecule has 2 aromatic carbocycles. The van der Waals surface area contributed by atoms with E-state index in [4.69, 9.17) is 21.3 Å². The van der Waals surface area contributed by atoms with Gasteiger partial charge in [0.05, 0.1) is 28.4 Å². The van der Waals surface area contributed by atoms with Crippen LogP contribution in [0.3, 0.4) is 0 Å². The fraction of sp³-hybridized carbons (Fsp3) is 0.250. The van der Waals surface area contributed by atoms with E-state index in [-0.39, 0.29) is 18.0 Å². The molecule has 0 saturated heterocycles. The van der Waals surface area contributed by atoms with E-state index >= 15 is 0 Å². The van der Waals surface area contributed by atoms with Crippen LogP contribution in [0, 0.1) is 0 Å². The van der Waals surface area contributed by atoms with Crippen molar-refractivity contribution < 1.29 is 14.3 Å². The Bertz CT molecular complexity index is 1440. The van der Waals surface area contributed by atoms with Crippen molar-refractivity contribution in [2.45, 2.75) is 45.6 Å². The van der Waals surface area contributed by atoms with Gasteiger partial charge in [-0.3, -0.25) is 4.79 Å². The van der Waals surface area contributed by atoms with Crippen LogP contribution in [-0.2, 0) is 17.6 Å². The van der Waals surface area contributed by atoms with E-state index in [1.165, 1.54) is 11.3 Å². The molecule has 0 unspecified atom stereocenters. The van der Waals surface area contributed by atoms with Gasteiger partial charge in [0.15, 0.2) is 0 Å². The Morgan fingerprint density at radius 3 is 2.60 bits per heavy atom. The lowest BCUT2D eigenvalue weighted by Gasteiger charge is -2.14. The van der Waals surface area contributed by atoms with Crippen LogP contribution in [-0.4, -0.2) is 23.0 Å². The van der Waals surface area contributed by atoms with E-state index in [0.717, 1.165) is 47.1 Å². The summed E-state index contributed by atoms with van der Waals surface area (Å²) in [6, 6.07) is 16.7. The van der Waals surface area contributed by atoms with Crippen LogP contribution in [0.5, 0.6) is 0 Å². The Kier molecular flexibility index (Phi) is 6.58. The molecule has 5 nitrogen and oxygen atoms in total. The highest BCUT2D eigenvalue weighted by molar-refractivity contribution is 7.17. The van der Waals surface area contributed by atoms with Crippen molar-refractivity contribution in [3.63, 3.8) is 0 Å². The third-order valence-electron chi connectivity index (χ3n) is 6.06. The summed E-state index contributed by atoms with van der Waals surface area (Å²) in [6.45, 7) is 3.66. The molecule has 1 aliphatic carbocycles. The van der Waals surface area contributed by atoms with Crippen molar-refractivity contribution in [3.8, 4) is 11.3 Å². The van der Waals surface area contributed by atoms with Gasteiger partial charge in [0.2, 0.25) is 0 Å². The van der Waals surface area contributed by atoms with Crippen LogP contribution in [0.25, 0.3) is 22.2 Å². The number of aryl methyl sites for hydroxylation is 1. The average molecular weight is 505 g/mol. The van der Waals surface area contributed by atoms with Gasteiger partial charge in [0, 0.05) is 20.8 Å². The Hall–Kier alpha value is -3.22. The monoisotopic (exact) mass is 504 g/mol. The van der Waals surface area contributed by atoms with Crippen LogP contribution in [0.1, 0.15) is 57.8 Å². The summed E-state index contributed by atoms with van der Waals surface area (Å²) < 4.78 is 5.54.